The molecule has 0 bridgehead atoms. The number of rotatable bonds is 3. The zero-order valence-corrected chi connectivity index (χ0v) is 13.6. The van der Waals surface area contributed by atoms with Crippen molar-refractivity contribution in [2.24, 2.45) is 0 Å². The van der Waals surface area contributed by atoms with Gasteiger partial charge >= 0.3 is 0 Å². The Kier molecular flexibility index (Phi) is 4.11. The summed E-state index contributed by atoms with van der Waals surface area (Å²) in [7, 11) is 1.75. The zero-order valence-electron chi connectivity index (χ0n) is 12.0. The molecule has 1 aromatic heterocycles. The summed E-state index contributed by atoms with van der Waals surface area (Å²) in [6, 6.07) is 17.2. The fourth-order valence-electron chi connectivity index (χ4n) is 2.16. The molecule has 1 amide bonds. The maximum absolute atomic E-state index is 12.2. The number of carbonyl (C=O) groups excluding carboxylic acids is 1. The second-order valence-electron chi connectivity index (χ2n) is 4.90. The van der Waals surface area contributed by atoms with Gasteiger partial charge in [-0.15, -0.1) is 0 Å². The molecular weight excluding hydrogens is 342 g/mol. The highest BCUT2D eigenvalue weighted by Gasteiger charge is 2.07. The van der Waals surface area contributed by atoms with Gasteiger partial charge in [0.1, 0.15) is 11.3 Å². The van der Waals surface area contributed by atoms with E-state index in [0.29, 0.717) is 5.76 Å². The minimum absolute atomic E-state index is 0.104. The molecule has 4 heteroatoms. The lowest BCUT2D eigenvalue weighted by Gasteiger charge is -2.14. The van der Waals surface area contributed by atoms with Crippen LogP contribution in [0.5, 0.6) is 0 Å². The third kappa shape index (κ3) is 3.12. The van der Waals surface area contributed by atoms with E-state index in [0.717, 1.165) is 21.1 Å². The van der Waals surface area contributed by atoms with Crippen LogP contribution in [-0.4, -0.2) is 13.0 Å². The molecule has 3 rings (SSSR count). The van der Waals surface area contributed by atoms with Gasteiger partial charge in [-0.1, -0.05) is 34.1 Å². The molecule has 3 aromatic rings. The summed E-state index contributed by atoms with van der Waals surface area (Å²) < 4.78 is 6.68. The van der Waals surface area contributed by atoms with E-state index in [2.05, 4.69) is 15.9 Å². The maximum atomic E-state index is 12.2. The molecule has 0 aliphatic carbocycles. The predicted octanol–water partition coefficient (Wildman–Crippen LogP) is 4.87. The summed E-state index contributed by atoms with van der Waals surface area (Å²) in [6.07, 6.45) is 3.20. The zero-order chi connectivity index (χ0) is 15.5. The minimum atomic E-state index is -0.104. The first-order valence-electron chi connectivity index (χ1n) is 6.83. The lowest BCUT2D eigenvalue weighted by atomic mass is 10.2. The number of amides is 1. The number of hydrogen-bond donors (Lipinski definition) is 0. The number of carbonyl (C=O) groups is 1. The number of fused-ring (bicyclic) bond motifs is 1. The van der Waals surface area contributed by atoms with Gasteiger partial charge in [0.05, 0.1) is 0 Å². The number of para-hydroxylation sites is 1. The van der Waals surface area contributed by atoms with Crippen LogP contribution in [0.3, 0.4) is 0 Å². The van der Waals surface area contributed by atoms with Gasteiger partial charge in [0.2, 0.25) is 0 Å². The number of halogens is 1. The van der Waals surface area contributed by atoms with Crippen LogP contribution >= 0.6 is 15.9 Å². The van der Waals surface area contributed by atoms with Gasteiger partial charge in [0.15, 0.2) is 0 Å². The molecule has 0 unspecified atom stereocenters. The Morgan fingerprint density at radius 2 is 1.91 bits per heavy atom. The topological polar surface area (TPSA) is 33.5 Å². The van der Waals surface area contributed by atoms with E-state index in [9.17, 15) is 4.79 Å². The predicted molar refractivity (Wildman–Crippen MR) is 92.8 cm³/mol. The second-order valence-corrected chi connectivity index (χ2v) is 5.81. The first-order chi connectivity index (χ1) is 10.6. The number of hydrogen-bond acceptors (Lipinski definition) is 2. The number of likely N-dealkylation sites (N-methyl/N-ethyl adjacent to an activating group) is 1. The summed E-state index contributed by atoms with van der Waals surface area (Å²) >= 11 is 3.43. The molecule has 0 saturated heterocycles. The highest BCUT2D eigenvalue weighted by Crippen LogP contribution is 2.24. The third-order valence-electron chi connectivity index (χ3n) is 3.36. The highest BCUT2D eigenvalue weighted by molar-refractivity contribution is 9.10. The lowest BCUT2D eigenvalue weighted by molar-refractivity contribution is -0.113. The minimum Gasteiger partial charge on any atom is -0.457 e. The summed E-state index contributed by atoms with van der Waals surface area (Å²) in [5, 5.41) is 0.998. The molecule has 0 spiro atoms. The van der Waals surface area contributed by atoms with Crippen LogP contribution in [0.25, 0.3) is 17.0 Å². The summed E-state index contributed by atoms with van der Waals surface area (Å²) in [5.41, 5.74) is 1.65. The first-order valence-corrected chi connectivity index (χ1v) is 7.63. The molecule has 0 radical (unpaired) electrons. The highest BCUT2D eigenvalue weighted by atomic mass is 79.9. The van der Waals surface area contributed by atoms with Crippen molar-refractivity contribution in [2.45, 2.75) is 0 Å². The Balaban J connectivity index is 1.78. The maximum Gasteiger partial charge on any atom is 0.250 e. The second kappa shape index (κ2) is 6.20. The quantitative estimate of drug-likeness (QED) is 0.627. The molecule has 0 atom stereocenters. The van der Waals surface area contributed by atoms with Crippen molar-refractivity contribution in [3.8, 4) is 0 Å². The molecule has 2 aromatic carbocycles. The van der Waals surface area contributed by atoms with Gasteiger partial charge in [0.25, 0.3) is 5.91 Å². The standard InChI is InChI=1S/C18H14BrNO2/c1-20(15-5-3-2-4-6-15)18(21)10-8-16-12-13-11-14(19)7-9-17(13)22-16/h2-12H,1H3/b10-8+. The molecule has 0 fully saturated rings. The van der Waals surface area contributed by atoms with Gasteiger partial charge < -0.3 is 9.32 Å². The molecule has 22 heavy (non-hydrogen) atoms. The average Bonchev–Trinajstić information content (AvgIpc) is 2.94. The fourth-order valence-corrected chi connectivity index (χ4v) is 2.54. The smallest absolute Gasteiger partial charge is 0.250 e. The first kappa shape index (κ1) is 14.6. The van der Waals surface area contributed by atoms with Crippen molar-refractivity contribution >= 4 is 44.6 Å². The number of benzene rings is 2. The van der Waals surface area contributed by atoms with Crippen LogP contribution in [0.4, 0.5) is 5.69 Å². The van der Waals surface area contributed by atoms with Gasteiger partial charge in [-0.05, 0) is 42.5 Å². The van der Waals surface area contributed by atoms with E-state index in [1.54, 1.807) is 18.0 Å². The van der Waals surface area contributed by atoms with Crippen molar-refractivity contribution in [1.29, 1.82) is 0 Å². The number of furan rings is 1. The fraction of sp³-hybridized carbons (Fsp3) is 0.0556. The van der Waals surface area contributed by atoms with Crippen LogP contribution < -0.4 is 4.90 Å². The molecule has 0 aliphatic heterocycles. The largest absolute Gasteiger partial charge is 0.457 e. The number of nitrogens with zero attached hydrogens (tertiary/aromatic N) is 1. The Bertz CT molecular complexity index is 837. The van der Waals surface area contributed by atoms with E-state index < -0.39 is 0 Å². The van der Waals surface area contributed by atoms with Crippen LogP contribution in [0.2, 0.25) is 0 Å². The SMILES string of the molecule is CN(C(=O)/C=C/c1cc2cc(Br)ccc2o1)c1ccccc1. The van der Waals surface area contributed by atoms with Gasteiger partial charge in [-0.3, -0.25) is 4.79 Å². The number of anilines is 1. The van der Waals surface area contributed by atoms with Crippen molar-refractivity contribution < 1.29 is 9.21 Å². The molecule has 0 saturated carbocycles. The molecule has 3 nitrogen and oxygen atoms in total. The lowest BCUT2D eigenvalue weighted by Crippen LogP contribution is -2.23. The van der Waals surface area contributed by atoms with E-state index in [-0.39, 0.29) is 5.91 Å². The normalized spacial score (nSPS) is 11.2. The Hall–Kier alpha value is -2.33. The van der Waals surface area contributed by atoms with E-state index in [1.165, 1.54) is 6.08 Å². The molecule has 0 N–H and O–H groups in total. The summed E-state index contributed by atoms with van der Waals surface area (Å²) in [5.74, 6) is 0.552. The monoisotopic (exact) mass is 355 g/mol. The third-order valence-corrected chi connectivity index (χ3v) is 3.85. The van der Waals surface area contributed by atoms with E-state index in [1.807, 2.05) is 54.6 Å². The van der Waals surface area contributed by atoms with Gasteiger partial charge in [-0.2, -0.15) is 0 Å². The Labute approximate surface area is 137 Å². The Morgan fingerprint density at radius 3 is 2.68 bits per heavy atom. The molecule has 1 heterocycles. The van der Waals surface area contributed by atoms with Crippen LogP contribution in [0.1, 0.15) is 5.76 Å². The Morgan fingerprint density at radius 1 is 1.14 bits per heavy atom. The van der Waals surface area contributed by atoms with Crippen LogP contribution in [0, 0.1) is 0 Å². The molecule has 0 aliphatic rings. The molecule has 110 valence electrons. The molecular formula is C18H14BrNO2. The van der Waals surface area contributed by atoms with Gasteiger partial charge in [-0.25, -0.2) is 0 Å². The van der Waals surface area contributed by atoms with Crippen molar-refractivity contribution in [3.05, 3.63) is 70.9 Å². The van der Waals surface area contributed by atoms with Crippen LogP contribution in [-0.2, 0) is 4.79 Å². The van der Waals surface area contributed by atoms with E-state index in [4.69, 9.17) is 4.42 Å². The van der Waals surface area contributed by atoms with Crippen LogP contribution in [0.15, 0.2) is 69.6 Å². The average molecular weight is 356 g/mol. The van der Waals surface area contributed by atoms with Crippen molar-refractivity contribution in [1.82, 2.24) is 0 Å². The summed E-state index contributed by atoms with van der Waals surface area (Å²) in [6.45, 7) is 0. The summed E-state index contributed by atoms with van der Waals surface area (Å²) in [4.78, 5) is 13.8. The van der Waals surface area contributed by atoms with Gasteiger partial charge in [0, 0.05) is 28.7 Å². The van der Waals surface area contributed by atoms with E-state index >= 15 is 0 Å². The van der Waals surface area contributed by atoms with Crippen molar-refractivity contribution in [2.75, 3.05) is 11.9 Å². The van der Waals surface area contributed by atoms with Crippen molar-refractivity contribution in [3.63, 3.8) is 0 Å².